The van der Waals surface area contributed by atoms with E-state index >= 15 is 0 Å². The van der Waals surface area contributed by atoms with Gasteiger partial charge in [-0.2, -0.15) is 0 Å². The monoisotopic (exact) mass is 578 g/mol. The molecule has 228 valence electrons. The van der Waals surface area contributed by atoms with Gasteiger partial charge in [-0.1, -0.05) is 32.6 Å². The highest BCUT2D eigenvalue weighted by Gasteiger charge is 2.55. The number of rotatable bonds is 9. The predicted octanol–water partition coefficient (Wildman–Crippen LogP) is 4.20. The molecule has 0 unspecified atom stereocenters. The van der Waals surface area contributed by atoms with Crippen molar-refractivity contribution in [2.75, 3.05) is 19.6 Å². The first-order valence-corrected chi connectivity index (χ1v) is 15.7. The van der Waals surface area contributed by atoms with E-state index in [0.717, 1.165) is 62.1 Å². The van der Waals surface area contributed by atoms with E-state index < -0.39 is 23.7 Å². The lowest BCUT2D eigenvalue weighted by Gasteiger charge is -2.52. The summed E-state index contributed by atoms with van der Waals surface area (Å²) in [5.74, 6) is -1.11. The van der Waals surface area contributed by atoms with Crippen LogP contribution in [0.25, 0.3) is 5.69 Å². The highest BCUT2D eigenvalue weighted by molar-refractivity contribution is 6.00. The van der Waals surface area contributed by atoms with Gasteiger partial charge in [-0.15, -0.1) is 0 Å². The number of amides is 2. The maximum atomic E-state index is 13.9. The number of nitrogens with one attached hydrogen (secondary N) is 1. The van der Waals surface area contributed by atoms with Crippen molar-refractivity contribution in [3.63, 3.8) is 0 Å². The molecule has 1 aromatic carbocycles. The molecule has 3 heterocycles. The lowest BCUT2D eigenvalue weighted by atomic mass is 9.78. The summed E-state index contributed by atoms with van der Waals surface area (Å²) in [4.78, 5) is 43.1. The van der Waals surface area contributed by atoms with Crippen molar-refractivity contribution >= 4 is 17.8 Å². The Bertz CT molecular complexity index is 1290. The number of carbonyl (C=O) groups excluding carboxylic acids is 2. The van der Waals surface area contributed by atoms with Gasteiger partial charge < -0.3 is 25.0 Å². The maximum absolute atomic E-state index is 13.9. The molecular formula is C33H46N4O5. The standard InChI is InChI=1S/C33H46N4O5/c1-4-5-17-36-30(39)28(29(38)24-9-7-6-8-10-24)34-32(42)33(36)15-18-35(19-16-33)21-26-20-22(2)37(23(26)3)27-13-11-25(12-14-27)31(40)41/h11-14,20,24,28-29,38H,4-10,15-19,21H2,1-3H3,(H,34,42)(H,40,41)/t28-,29-/m1/s1. The van der Waals surface area contributed by atoms with Gasteiger partial charge >= 0.3 is 5.97 Å². The molecule has 0 radical (unpaired) electrons. The molecule has 2 atom stereocenters. The number of aromatic nitrogens is 1. The first kappa shape index (κ1) is 30.3. The second-order valence-corrected chi connectivity index (χ2v) is 12.6. The van der Waals surface area contributed by atoms with Crippen molar-refractivity contribution in [2.45, 2.75) is 103 Å². The first-order chi connectivity index (χ1) is 20.2. The fourth-order valence-corrected chi connectivity index (χ4v) is 7.42. The van der Waals surface area contributed by atoms with E-state index in [0.29, 0.717) is 32.5 Å². The zero-order valence-corrected chi connectivity index (χ0v) is 25.3. The number of hydrogen-bond acceptors (Lipinski definition) is 5. The molecule has 3 N–H and O–H groups in total. The molecule has 9 heteroatoms. The number of carboxylic acids is 1. The average molecular weight is 579 g/mol. The van der Waals surface area contributed by atoms with Gasteiger partial charge in [-0.3, -0.25) is 14.5 Å². The fraction of sp³-hybridized carbons (Fsp3) is 0.606. The Kier molecular flexibility index (Phi) is 9.08. The number of carboxylic acid groups (broad SMARTS) is 1. The first-order valence-electron chi connectivity index (χ1n) is 15.7. The van der Waals surface area contributed by atoms with E-state index in [-0.39, 0.29) is 23.3 Å². The highest BCUT2D eigenvalue weighted by Crippen LogP contribution is 2.37. The van der Waals surface area contributed by atoms with Crippen LogP contribution in [0.1, 0.15) is 92.0 Å². The molecular weight excluding hydrogens is 532 g/mol. The molecule has 1 spiro atoms. The van der Waals surface area contributed by atoms with Gasteiger partial charge in [0, 0.05) is 43.3 Å². The van der Waals surface area contributed by atoms with Crippen LogP contribution in [0.2, 0.25) is 0 Å². The molecule has 3 aliphatic rings. The number of piperazine rings is 1. The fourth-order valence-electron chi connectivity index (χ4n) is 7.42. The summed E-state index contributed by atoms with van der Waals surface area (Å²) in [6, 6.07) is 8.24. The number of hydrogen-bond donors (Lipinski definition) is 3. The van der Waals surface area contributed by atoms with Crippen LogP contribution in [0.5, 0.6) is 0 Å². The summed E-state index contributed by atoms with van der Waals surface area (Å²) in [6.45, 7) is 8.88. The normalized spacial score (nSPS) is 22.4. The summed E-state index contributed by atoms with van der Waals surface area (Å²) in [5, 5.41) is 23.4. The molecule has 1 saturated carbocycles. The quantitative estimate of drug-likeness (QED) is 0.411. The third-order valence-electron chi connectivity index (χ3n) is 9.95. The van der Waals surface area contributed by atoms with Crippen LogP contribution in [0, 0.1) is 19.8 Å². The second-order valence-electron chi connectivity index (χ2n) is 12.6. The van der Waals surface area contributed by atoms with Crippen LogP contribution in [-0.2, 0) is 16.1 Å². The average Bonchev–Trinajstić information content (AvgIpc) is 3.28. The van der Waals surface area contributed by atoms with Crippen LogP contribution >= 0.6 is 0 Å². The molecule has 2 aromatic rings. The third kappa shape index (κ3) is 5.73. The van der Waals surface area contributed by atoms with Crippen molar-refractivity contribution in [1.82, 2.24) is 19.7 Å². The molecule has 1 aliphatic carbocycles. The highest BCUT2D eigenvalue weighted by atomic mass is 16.4. The molecule has 2 saturated heterocycles. The minimum atomic E-state index is -0.941. The second kappa shape index (κ2) is 12.6. The molecule has 0 bridgehead atoms. The van der Waals surface area contributed by atoms with E-state index in [9.17, 15) is 24.6 Å². The van der Waals surface area contributed by atoms with E-state index in [1.807, 2.05) is 17.0 Å². The van der Waals surface area contributed by atoms with Crippen LogP contribution in [0.15, 0.2) is 30.3 Å². The van der Waals surface area contributed by atoms with Crippen molar-refractivity contribution < 1.29 is 24.6 Å². The van der Waals surface area contributed by atoms with Gasteiger partial charge in [0.2, 0.25) is 11.8 Å². The zero-order valence-electron chi connectivity index (χ0n) is 25.3. The van der Waals surface area contributed by atoms with Gasteiger partial charge in [-0.25, -0.2) is 4.79 Å². The summed E-state index contributed by atoms with van der Waals surface area (Å²) < 4.78 is 2.14. The summed E-state index contributed by atoms with van der Waals surface area (Å²) in [7, 11) is 0. The Hall–Kier alpha value is -3.17. The van der Waals surface area contributed by atoms with Gasteiger partial charge in [0.1, 0.15) is 11.6 Å². The van der Waals surface area contributed by atoms with Gasteiger partial charge in [0.05, 0.1) is 11.7 Å². The van der Waals surface area contributed by atoms with E-state index in [4.69, 9.17) is 0 Å². The van der Waals surface area contributed by atoms with Gasteiger partial charge in [0.15, 0.2) is 0 Å². The molecule has 9 nitrogen and oxygen atoms in total. The van der Waals surface area contributed by atoms with Crippen molar-refractivity contribution in [1.29, 1.82) is 0 Å². The number of carbonyl (C=O) groups is 3. The number of unbranched alkanes of at least 4 members (excludes halogenated alkanes) is 1. The minimum Gasteiger partial charge on any atom is -0.478 e. The van der Waals surface area contributed by atoms with Crippen molar-refractivity contribution in [3.8, 4) is 5.69 Å². The number of aliphatic hydroxyl groups excluding tert-OH is 1. The van der Waals surface area contributed by atoms with E-state index in [1.54, 1.807) is 12.1 Å². The zero-order chi connectivity index (χ0) is 30.0. The SMILES string of the molecule is CCCCN1C(=O)[C@@H]([C@H](O)C2CCCCC2)NC(=O)C12CCN(Cc1cc(C)n(-c3ccc(C(=O)O)cc3)c1C)CC2. The Morgan fingerprint density at radius 3 is 2.36 bits per heavy atom. The molecule has 42 heavy (non-hydrogen) atoms. The number of benzene rings is 1. The van der Waals surface area contributed by atoms with Crippen LogP contribution < -0.4 is 5.32 Å². The summed E-state index contributed by atoms with van der Waals surface area (Å²) in [5.41, 5.74) is 3.68. The molecule has 2 amide bonds. The van der Waals surface area contributed by atoms with Crippen molar-refractivity contribution in [3.05, 3.63) is 52.8 Å². The molecule has 3 fully saturated rings. The van der Waals surface area contributed by atoms with Crippen LogP contribution in [-0.4, -0.2) is 79.7 Å². The minimum absolute atomic E-state index is 0.0611. The number of piperidine rings is 1. The Morgan fingerprint density at radius 2 is 1.74 bits per heavy atom. The van der Waals surface area contributed by atoms with E-state index in [1.165, 1.54) is 12.0 Å². The smallest absolute Gasteiger partial charge is 0.335 e. The van der Waals surface area contributed by atoms with E-state index in [2.05, 4.69) is 41.6 Å². The number of aryl methyl sites for hydroxylation is 1. The number of aromatic carboxylic acids is 1. The number of aliphatic hydroxyl groups is 1. The van der Waals surface area contributed by atoms with Crippen LogP contribution in [0.3, 0.4) is 0 Å². The maximum Gasteiger partial charge on any atom is 0.335 e. The molecule has 5 rings (SSSR count). The lowest BCUT2D eigenvalue weighted by Crippen LogP contribution is -2.75. The van der Waals surface area contributed by atoms with Crippen molar-refractivity contribution in [2.24, 2.45) is 5.92 Å². The van der Waals surface area contributed by atoms with Gasteiger partial charge in [0.25, 0.3) is 0 Å². The lowest BCUT2D eigenvalue weighted by molar-refractivity contribution is -0.166. The topological polar surface area (TPSA) is 115 Å². The summed E-state index contributed by atoms with van der Waals surface area (Å²) in [6.07, 6.45) is 7.16. The molecule has 1 aromatic heterocycles. The van der Waals surface area contributed by atoms with Crippen LogP contribution in [0.4, 0.5) is 0 Å². The van der Waals surface area contributed by atoms with Gasteiger partial charge in [-0.05, 0) is 87.8 Å². The summed E-state index contributed by atoms with van der Waals surface area (Å²) >= 11 is 0. The Balaban J connectivity index is 1.29. The largest absolute Gasteiger partial charge is 0.478 e. The Morgan fingerprint density at radius 1 is 1.07 bits per heavy atom. The number of nitrogens with zero attached hydrogens (tertiary/aromatic N) is 3. The predicted molar refractivity (Wildman–Crippen MR) is 161 cm³/mol. The Labute approximate surface area is 248 Å². The third-order valence-corrected chi connectivity index (χ3v) is 9.95. The molecule has 2 aliphatic heterocycles. The number of likely N-dealkylation sites (tertiary alicyclic amines) is 1.